The van der Waals surface area contributed by atoms with Gasteiger partial charge in [-0.1, -0.05) is 36.4 Å². The maximum absolute atomic E-state index is 12.1. The molecule has 0 saturated carbocycles. The Morgan fingerprint density at radius 3 is 2.77 bits per heavy atom. The molecule has 1 aliphatic heterocycles. The molecule has 2 aromatic rings. The summed E-state index contributed by atoms with van der Waals surface area (Å²) >= 11 is 1.66. The van der Waals surface area contributed by atoms with Crippen LogP contribution in [-0.2, 0) is 11.3 Å². The van der Waals surface area contributed by atoms with E-state index in [2.05, 4.69) is 22.3 Å². The Hall–Kier alpha value is -1.69. The third-order valence-electron chi connectivity index (χ3n) is 4.08. The molecule has 1 aromatic carbocycles. The van der Waals surface area contributed by atoms with Crippen LogP contribution in [0.2, 0.25) is 0 Å². The molecular weight excluding hydrogens is 294 g/mol. The highest BCUT2D eigenvalue weighted by atomic mass is 32.1. The number of likely N-dealkylation sites (tertiary alicyclic amines) is 1. The standard InChI is InChI=1S/C17H21N3OS/c18-16-11-20(10-15(16)13-5-2-1-3-6-13)12-17(21)19-9-14-7-4-8-22-14/h1-8,15-16H,9-12,18H2,(H,19,21)/t15-,16+/m0/s1. The molecule has 0 unspecified atom stereocenters. The fourth-order valence-electron chi connectivity index (χ4n) is 2.95. The van der Waals surface area contributed by atoms with Crippen LogP contribution in [0.1, 0.15) is 16.4 Å². The van der Waals surface area contributed by atoms with E-state index < -0.39 is 0 Å². The van der Waals surface area contributed by atoms with Gasteiger partial charge in [0.05, 0.1) is 13.1 Å². The largest absolute Gasteiger partial charge is 0.350 e. The Kier molecular flexibility index (Phi) is 4.87. The number of benzene rings is 1. The number of rotatable bonds is 5. The summed E-state index contributed by atoms with van der Waals surface area (Å²) in [6, 6.07) is 14.4. The van der Waals surface area contributed by atoms with Gasteiger partial charge in [-0.05, 0) is 17.0 Å². The Balaban J connectivity index is 1.50. The van der Waals surface area contributed by atoms with Gasteiger partial charge < -0.3 is 11.1 Å². The van der Waals surface area contributed by atoms with Gasteiger partial charge in [0.2, 0.25) is 5.91 Å². The first-order valence-electron chi connectivity index (χ1n) is 7.54. The van der Waals surface area contributed by atoms with Gasteiger partial charge in [-0.2, -0.15) is 0 Å². The van der Waals surface area contributed by atoms with E-state index in [1.54, 1.807) is 11.3 Å². The van der Waals surface area contributed by atoms with Gasteiger partial charge in [0.1, 0.15) is 0 Å². The lowest BCUT2D eigenvalue weighted by molar-refractivity contribution is -0.122. The highest BCUT2D eigenvalue weighted by Crippen LogP contribution is 2.25. The summed E-state index contributed by atoms with van der Waals surface area (Å²) in [5.41, 5.74) is 7.52. The Labute approximate surface area is 134 Å². The SMILES string of the molecule is N[C@@H]1CN(CC(=O)NCc2cccs2)C[C@H]1c1ccccc1. The summed E-state index contributed by atoms with van der Waals surface area (Å²) in [5, 5.41) is 4.99. The number of thiophene rings is 1. The van der Waals surface area contributed by atoms with Gasteiger partial charge in [0.15, 0.2) is 0 Å². The van der Waals surface area contributed by atoms with Crippen molar-refractivity contribution in [1.29, 1.82) is 0 Å². The molecule has 0 aliphatic carbocycles. The number of nitrogens with zero attached hydrogens (tertiary/aromatic N) is 1. The van der Waals surface area contributed by atoms with E-state index in [0.717, 1.165) is 13.1 Å². The molecule has 3 N–H and O–H groups in total. The first kappa shape index (κ1) is 15.2. The van der Waals surface area contributed by atoms with Crippen LogP contribution in [0.4, 0.5) is 0 Å². The van der Waals surface area contributed by atoms with Crippen LogP contribution < -0.4 is 11.1 Å². The molecule has 0 spiro atoms. The van der Waals surface area contributed by atoms with Crippen molar-refractivity contribution in [3.8, 4) is 0 Å². The van der Waals surface area contributed by atoms with Crippen molar-refractivity contribution < 1.29 is 4.79 Å². The molecule has 1 amide bonds. The fourth-order valence-corrected chi connectivity index (χ4v) is 3.60. The lowest BCUT2D eigenvalue weighted by Crippen LogP contribution is -2.36. The van der Waals surface area contributed by atoms with Crippen LogP contribution >= 0.6 is 11.3 Å². The van der Waals surface area contributed by atoms with Crippen molar-refractivity contribution in [2.24, 2.45) is 5.73 Å². The molecular formula is C17H21N3OS. The molecule has 116 valence electrons. The molecule has 22 heavy (non-hydrogen) atoms. The number of carbonyl (C=O) groups excluding carboxylic acids is 1. The van der Waals surface area contributed by atoms with E-state index in [0.29, 0.717) is 19.0 Å². The first-order chi connectivity index (χ1) is 10.7. The molecule has 2 atom stereocenters. The van der Waals surface area contributed by atoms with Crippen molar-refractivity contribution in [2.75, 3.05) is 19.6 Å². The molecule has 1 saturated heterocycles. The van der Waals surface area contributed by atoms with Crippen LogP contribution in [0.25, 0.3) is 0 Å². The average Bonchev–Trinajstić information content (AvgIpc) is 3.16. The van der Waals surface area contributed by atoms with Crippen molar-refractivity contribution in [2.45, 2.75) is 18.5 Å². The molecule has 4 nitrogen and oxygen atoms in total. The van der Waals surface area contributed by atoms with Crippen molar-refractivity contribution >= 4 is 17.2 Å². The zero-order valence-corrected chi connectivity index (χ0v) is 13.3. The quantitative estimate of drug-likeness (QED) is 0.884. The highest BCUT2D eigenvalue weighted by Gasteiger charge is 2.31. The van der Waals surface area contributed by atoms with E-state index in [1.807, 2.05) is 35.7 Å². The second-order valence-corrected chi connectivity index (χ2v) is 6.76. The van der Waals surface area contributed by atoms with E-state index in [9.17, 15) is 4.79 Å². The smallest absolute Gasteiger partial charge is 0.234 e. The summed E-state index contributed by atoms with van der Waals surface area (Å²) in [7, 11) is 0. The normalized spacial score (nSPS) is 21.9. The summed E-state index contributed by atoms with van der Waals surface area (Å²) in [4.78, 5) is 15.4. The van der Waals surface area contributed by atoms with Crippen LogP contribution in [0.5, 0.6) is 0 Å². The van der Waals surface area contributed by atoms with Gasteiger partial charge in [0.25, 0.3) is 0 Å². The second kappa shape index (κ2) is 7.05. The monoisotopic (exact) mass is 315 g/mol. The number of hydrogen-bond acceptors (Lipinski definition) is 4. The number of hydrogen-bond donors (Lipinski definition) is 2. The molecule has 3 rings (SSSR count). The topological polar surface area (TPSA) is 58.4 Å². The number of amides is 1. The molecule has 0 bridgehead atoms. The van der Waals surface area contributed by atoms with Crippen LogP contribution in [0, 0.1) is 0 Å². The van der Waals surface area contributed by atoms with Gasteiger partial charge in [-0.25, -0.2) is 0 Å². The van der Waals surface area contributed by atoms with Gasteiger partial charge in [0, 0.05) is 29.9 Å². The minimum atomic E-state index is 0.0642. The fraction of sp³-hybridized carbons (Fsp3) is 0.353. The summed E-state index contributed by atoms with van der Waals surface area (Å²) in [5.74, 6) is 0.376. The van der Waals surface area contributed by atoms with E-state index >= 15 is 0 Å². The third-order valence-corrected chi connectivity index (χ3v) is 4.95. The Bertz CT molecular complexity index is 600. The number of nitrogens with two attached hydrogens (primary N) is 1. The highest BCUT2D eigenvalue weighted by molar-refractivity contribution is 7.09. The summed E-state index contributed by atoms with van der Waals surface area (Å²) in [6.07, 6.45) is 0. The average molecular weight is 315 g/mol. The lowest BCUT2D eigenvalue weighted by Gasteiger charge is -2.15. The lowest BCUT2D eigenvalue weighted by atomic mass is 9.95. The first-order valence-corrected chi connectivity index (χ1v) is 8.42. The second-order valence-electron chi connectivity index (χ2n) is 5.73. The Morgan fingerprint density at radius 2 is 2.05 bits per heavy atom. The number of nitrogens with one attached hydrogen (secondary N) is 1. The van der Waals surface area contributed by atoms with Crippen LogP contribution in [0.15, 0.2) is 47.8 Å². The van der Waals surface area contributed by atoms with Crippen LogP contribution in [-0.4, -0.2) is 36.5 Å². The molecule has 5 heteroatoms. The summed E-state index contributed by atoms with van der Waals surface area (Å²) < 4.78 is 0. The van der Waals surface area contributed by atoms with Crippen molar-refractivity contribution in [3.63, 3.8) is 0 Å². The van der Waals surface area contributed by atoms with E-state index in [4.69, 9.17) is 5.73 Å². The third kappa shape index (κ3) is 3.74. The predicted octanol–water partition coefficient (Wildman–Crippen LogP) is 1.79. The zero-order chi connectivity index (χ0) is 15.4. The molecule has 1 aliphatic rings. The van der Waals surface area contributed by atoms with Crippen molar-refractivity contribution in [1.82, 2.24) is 10.2 Å². The summed E-state index contributed by atoms with van der Waals surface area (Å²) in [6.45, 7) is 2.64. The molecule has 1 fully saturated rings. The minimum absolute atomic E-state index is 0.0642. The van der Waals surface area contributed by atoms with E-state index in [1.165, 1.54) is 10.4 Å². The number of carbonyl (C=O) groups is 1. The van der Waals surface area contributed by atoms with Gasteiger partial charge >= 0.3 is 0 Å². The maximum atomic E-state index is 12.1. The van der Waals surface area contributed by atoms with E-state index in [-0.39, 0.29) is 11.9 Å². The maximum Gasteiger partial charge on any atom is 0.234 e. The Morgan fingerprint density at radius 1 is 1.23 bits per heavy atom. The molecule has 1 aromatic heterocycles. The predicted molar refractivity (Wildman–Crippen MR) is 89.8 cm³/mol. The van der Waals surface area contributed by atoms with Crippen LogP contribution in [0.3, 0.4) is 0 Å². The zero-order valence-electron chi connectivity index (χ0n) is 12.4. The molecule has 2 heterocycles. The van der Waals surface area contributed by atoms with Gasteiger partial charge in [-0.3, -0.25) is 9.69 Å². The minimum Gasteiger partial charge on any atom is -0.350 e. The molecule has 0 radical (unpaired) electrons. The van der Waals surface area contributed by atoms with Gasteiger partial charge in [-0.15, -0.1) is 11.3 Å². The van der Waals surface area contributed by atoms with Crippen molar-refractivity contribution in [3.05, 3.63) is 58.3 Å².